The van der Waals surface area contributed by atoms with Crippen LogP contribution in [-0.2, 0) is 6.54 Å². The topological polar surface area (TPSA) is 58.1 Å². The maximum atomic E-state index is 5.43. The highest BCUT2D eigenvalue weighted by Crippen LogP contribution is 2.32. The Bertz CT molecular complexity index is 591. The molecule has 2 N–H and O–H groups in total. The summed E-state index contributed by atoms with van der Waals surface area (Å²) < 4.78 is 10.8. The predicted molar refractivity (Wildman–Crippen MR) is 100 cm³/mol. The molecule has 0 saturated carbocycles. The number of hydrogen-bond acceptors (Lipinski definition) is 4. The van der Waals surface area contributed by atoms with Gasteiger partial charge in [-0.25, -0.2) is 4.99 Å². The van der Waals surface area contributed by atoms with Crippen molar-refractivity contribution in [2.24, 2.45) is 10.9 Å². The van der Waals surface area contributed by atoms with Gasteiger partial charge in [0.25, 0.3) is 0 Å². The summed E-state index contributed by atoms with van der Waals surface area (Å²) in [7, 11) is 0. The first-order valence-electron chi connectivity index (χ1n) is 9.41. The van der Waals surface area contributed by atoms with Gasteiger partial charge in [0.2, 0.25) is 6.79 Å². The molecule has 2 heterocycles. The van der Waals surface area contributed by atoms with Gasteiger partial charge in [-0.3, -0.25) is 0 Å². The zero-order valence-electron chi connectivity index (χ0n) is 15.4. The summed E-state index contributed by atoms with van der Waals surface area (Å²) in [6, 6.07) is 6.00. The van der Waals surface area contributed by atoms with E-state index >= 15 is 0 Å². The molecule has 25 heavy (non-hydrogen) atoms. The van der Waals surface area contributed by atoms with Gasteiger partial charge >= 0.3 is 0 Å². The van der Waals surface area contributed by atoms with Crippen LogP contribution < -0.4 is 20.1 Å². The summed E-state index contributed by atoms with van der Waals surface area (Å²) in [6.45, 7) is 10.8. The Morgan fingerprint density at radius 3 is 2.96 bits per heavy atom. The zero-order valence-corrected chi connectivity index (χ0v) is 15.4. The number of nitrogens with one attached hydrogen (secondary N) is 2. The molecule has 1 saturated heterocycles. The van der Waals surface area contributed by atoms with Crippen LogP contribution in [0, 0.1) is 5.92 Å². The van der Waals surface area contributed by atoms with Crippen molar-refractivity contribution in [3.8, 4) is 11.5 Å². The van der Waals surface area contributed by atoms with Crippen molar-refractivity contribution >= 4 is 5.96 Å². The van der Waals surface area contributed by atoms with E-state index in [1.165, 1.54) is 32.5 Å². The zero-order chi connectivity index (χ0) is 17.5. The van der Waals surface area contributed by atoms with Gasteiger partial charge in [-0.15, -0.1) is 0 Å². The van der Waals surface area contributed by atoms with Crippen LogP contribution in [0.2, 0.25) is 0 Å². The van der Waals surface area contributed by atoms with Crippen LogP contribution in [0.15, 0.2) is 23.2 Å². The lowest BCUT2D eigenvalue weighted by Crippen LogP contribution is -2.40. The standard InChI is InChI=1S/C19H30N4O2/c1-3-8-23-9-7-16(13-23)12-22-19(20-4-2)21-11-15-5-6-17-18(10-15)25-14-24-17/h5-6,10,16H,3-4,7-9,11-14H2,1-2H3,(H2,20,21,22). The molecule has 1 unspecified atom stereocenters. The number of rotatable bonds is 7. The van der Waals surface area contributed by atoms with E-state index in [0.717, 1.165) is 36.1 Å². The van der Waals surface area contributed by atoms with Gasteiger partial charge in [-0.05, 0) is 56.5 Å². The van der Waals surface area contributed by atoms with E-state index in [4.69, 9.17) is 14.5 Å². The maximum Gasteiger partial charge on any atom is 0.231 e. The minimum absolute atomic E-state index is 0.308. The van der Waals surface area contributed by atoms with Gasteiger partial charge < -0.3 is 25.0 Å². The minimum atomic E-state index is 0.308. The molecule has 0 spiro atoms. The van der Waals surface area contributed by atoms with Gasteiger partial charge in [-0.1, -0.05) is 13.0 Å². The maximum absolute atomic E-state index is 5.43. The summed E-state index contributed by atoms with van der Waals surface area (Å²) >= 11 is 0. The van der Waals surface area contributed by atoms with Crippen molar-refractivity contribution in [2.45, 2.75) is 33.2 Å². The number of fused-ring (bicyclic) bond motifs is 1. The predicted octanol–water partition coefficient (Wildman–Crippen LogP) is 2.20. The fourth-order valence-electron chi connectivity index (χ4n) is 3.39. The first-order chi connectivity index (χ1) is 12.3. The minimum Gasteiger partial charge on any atom is -0.454 e. The summed E-state index contributed by atoms with van der Waals surface area (Å²) in [5.74, 6) is 3.22. The van der Waals surface area contributed by atoms with E-state index in [2.05, 4.69) is 29.4 Å². The molecule has 0 aliphatic carbocycles. The lowest BCUT2D eigenvalue weighted by atomic mass is 10.1. The molecular weight excluding hydrogens is 316 g/mol. The van der Waals surface area contributed by atoms with Crippen molar-refractivity contribution in [3.05, 3.63) is 23.8 Å². The number of ether oxygens (including phenoxy) is 2. The van der Waals surface area contributed by atoms with Crippen molar-refractivity contribution < 1.29 is 9.47 Å². The molecule has 0 amide bonds. The molecule has 0 bridgehead atoms. The normalized spacial score (nSPS) is 20.1. The van der Waals surface area contributed by atoms with Crippen LogP contribution in [0.4, 0.5) is 0 Å². The highest BCUT2D eigenvalue weighted by atomic mass is 16.7. The Kier molecular flexibility index (Phi) is 6.39. The summed E-state index contributed by atoms with van der Waals surface area (Å²) in [6.07, 6.45) is 2.51. The Balaban J connectivity index is 1.51. The highest BCUT2D eigenvalue weighted by molar-refractivity contribution is 5.79. The number of benzene rings is 1. The Morgan fingerprint density at radius 1 is 1.24 bits per heavy atom. The number of hydrogen-bond donors (Lipinski definition) is 2. The summed E-state index contributed by atoms with van der Waals surface area (Å²) in [4.78, 5) is 7.27. The SMILES string of the molecule is CCCN1CCC(CNC(=NCc2ccc3c(c2)OCO3)NCC)C1. The van der Waals surface area contributed by atoms with E-state index in [9.17, 15) is 0 Å². The van der Waals surface area contributed by atoms with Gasteiger partial charge in [0.05, 0.1) is 6.54 Å². The number of likely N-dealkylation sites (tertiary alicyclic amines) is 1. The second-order valence-electron chi connectivity index (χ2n) is 6.72. The average molecular weight is 346 g/mol. The second-order valence-corrected chi connectivity index (χ2v) is 6.72. The van der Waals surface area contributed by atoms with Gasteiger partial charge in [0.15, 0.2) is 17.5 Å². The fraction of sp³-hybridized carbons (Fsp3) is 0.632. The molecule has 3 rings (SSSR count). The third-order valence-corrected chi connectivity index (χ3v) is 4.67. The largest absolute Gasteiger partial charge is 0.454 e. The first-order valence-corrected chi connectivity index (χ1v) is 9.41. The van der Waals surface area contributed by atoms with Crippen LogP contribution in [0.1, 0.15) is 32.3 Å². The van der Waals surface area contributed by atoms with Gasteiger partial charge in [0, 0.05) is 19.6 Å². The van der Waals surface area contributed by atoms with E-state index < -0.39 is 0 Å². The smallest absolute Gasteiger partial charge is 0.231 e. The molecule has 138 valence electrons. The molecular formula is C19H30N4O2. The molecule has 1 aromatic carbocycles. The molecule has 1 atom stereocenters. The first kappa shape index (κ1) is 17.9. The molecule has 1 fully saturated rings. The van der Waals surface area contributed by atoms with Crippen LogP contribution in [0.25, 0.3) is 0 Å². The second kappa shape index (κ2) is 8.94. The van der Waals surface area contributed by atoms with Crippen molar-refractivity contribution in [1.29, 1.82) is 0 Å². The molecule has 1 aromatic rings. The number of aliphatic imine (C=N–C) groups is 1. The average Bonchev–Trinajstić information content (AvgIpc) is 3.26. The Hall–Kier alpha value is -1.95. The molecule has 0 aromatic heterocycles. The third-order valence-electron chi connectivity index (χ3n) is 4.67. The number of nitrogens with zero attached hydrogens (tertiary/aromatic N) is 2. The van der Waals surface area contributed by atoms with Crippen molar-refractivity contribution in [3.63, 3.8) is 0 Å². The molecule has 6 nitrogen and oxygen atoms in total. The van der Waals surface area contributed by atoms with Crippen LogP contribution in [0.5, 0.6) is 11.5 Å². The summed E-state index contributed by atoms with van der Waals surface area (Å²) in [5.41, 5.74) is 1.12. The number of guanidine groups is 1. The Labute approximate surface area is 150 Å². The Morgan fingerprint density at radius 2 is 2.12 bits per heavy atom. The molecule has 6 heteroatoms. The van der Waals surface area contributed by atoms with E-state index in [0.29, 0.717) is 19.3 Å². The fourth-order valence-corrected chi connectivity index (χ4v) is 3.39. The molecule has 2 aliphatic heterocycles. The quantitative estimate of drug-likeness (QED) is 0.586. The van der Waals surface area contributed by atoms with E-state index in [1.807, 2.05) is 18.2 Å². The highest BCUT2D eigenvalue weighted by Gasteiger charge is 2.21. The van der Waals surface area contributed by atoms with Crippen LogP contribution >= 0.6 is 0 Å². The van der Waals surface area contributed by atoms with Crippen LogP contribution in [-0.4, -0.2) is 50.4 Å². The lowest BCUT2D eigenvalue weighted by Gasteiger charge is -2.17. The molecule has 2 aliphatic rings. The van der Waals surface area contributed by atoms with E-state index in [1.54, 1.807) is 0 Å². The van der Waals surface area contributed by atoms with Gasteiger partial charge in [0.1, 0.15) is 0 Å². The van der Waals surface area contributed by atoms with Gasteiger partial charge in [-0.2, -0.15) is 0 Å². The monoisotopic (exact) mass is 346 g/mol. The molecule has 0 radical (unpaired) electrons. The summed E-state index contributed by atoms with van der Waals surface area (Å²) in [5, 5.41) is 6.84. The van der Waals surface area contributed by atoms with Crippen molar-refractivity contribution in [1.82, 2.24) is 15.5 Å². The van der Waals surface area contributed by atoms with Crippen molar-refractivity contribution in [2.75, 3.05) is 39.5 Å². The lowest BCUT2D eigenvalue weighted by molar-refractivity contribution is 0.174. The van der Waals surface area contributed by atoms with Crippen LogP contribution in [0.3, 0.4) is 0 Å². The van der Waals surface area contributed by atoms with E-state index in [-0.39, 0.29) is 0 Å². The third kappa shape index (κ3) is 5.01.